The van der Waals surface area contributed by atoms with Gasteiger partial charge in [0.2, 0.25) is 0 Å². The van der Waals surface area contributed by atoms with Crippen LogP contribution in [-0.2, 0) is 4.79 Å². The average molecular weight is 384 g/mol. The van der Waals surface area contributed by atoms with Crippen molar-refractivity contribution in [2.75, 3.05) is 0 Å². The highest BCUT2D eigenvalue weighted by atomic mass is 79.9. The first kappa shape index (κ1) is 19.3. The Bertz CT molecular complexity index is 633. The second-order valence-corrected chi connectivity index (χ2v) is 8.24. The predicted octanol–water partition coefficient (Wildman–Crippen LogP) is 6.32. The lowest BCUT2D eigenvalue weighted by Crippen LogP contribution is -2.11. The third kappa shape index (κ3) is 5.81. The summed E-state index contributed by atoms with van der Waals surface area (Å²) >= 11 is 5.21. The summed E-state index contributed by atoms with van der Waals surface area (Å²) in [6.07, 6.45) is 1.88. The second kappa shape index (κ2) is 8.78. The molecule has 1 atom stereocenters. The van der Waals surface area contributed by atoms with E-state index in [-0.39, 0.29) is 0 Å². The quantitative estimate of drug-likeness (QED) is 0.617. The number of aromatic nitrogens is 1. The van der Waals surface area contributed by atoms with Crippen LogP contribution in [-0.4, -0.2) is 10.8 Å². The van der Waals surface area contributed by atoms with Gasteiger partial charge in [-0.2, -0.15) is 0 Å². The normalized spacial score (nSPS) is 12.2. The van der Waals surface area contributed by atoms with Crippen LogP contribution >= 0.6 is 27.3 Å². The molecule has 0 fully saturated rings. The number of nitrogens with zero attached hydrogens (tertiary/aromatic N) is 1. The lowest BCUT2D eigenvalue weighted by molar-refractivity contribution is -0.118. The summed E-state index contributed by atoms with van der Waals surface area (Å²) in [7, 11) is 0. The molecular formula is C18H26BrNOS. The maximum absolute atomic E-state index is 10.7. The number of carbonyl (C=O) groups excluding carboxylic acids is 1. The smallest absolute Gasteiger partial charge is 0.130 e. The van der Waals surface area contributed by atoms with Crippen molar-refractivity contribution < 1.29 is 4.79 Å². The van der Waals surface area contributed by atoms with Crippen LogP contribution in [0.2, 0.25) is 0 Å². The summed E-state index contributed by atoms with van der Waals surface area (Å²) in [5, 5.41) is 1.13. The molecule has 22 heavy (non-hydrogen) atoms. The van der Waals surface area contributed by atoms with Crippen LogP contribution in [0.25, 0.3) is 10.2 Å². The fraction of sp³-hybridized carbons (Fsp3) is 0.556. The Labute approximate surface area is 146 Å². The van der Waals surface area contributed by atoms with Crippen LogP contribution in [0.15, 0.2) is 16.6 Å². The first-order valence-electron chi connectivity index (χ1n) is 7.77. The maximum atomic E-state index is 10.7. The lowest BCUT2D eigenvalue weighted by Gasteiger charge is -2.16. The first-order valence-corrected chi connectivity index (χ1v) is 9.38. The SMILES string of the molecule is CCC(CC(C)=O)C(C)C.Cc1nc2cc(Br)cc(C)c2s1. The Kier molecular flexibility index (Phi) is 7.70. The number of thiazole rings is 1. The minimum Gasteiger partial charge on any atom is -0.300 e. The number of rotatable bonds is 4. The van der Waals surface area contributed by atoms with Crippen molar-refractivity contribution in [1.29, 1.82) is 0 Å². The number of carbonyl (C=O) groups is 1. The van der Waals surface area contributed by atoms with E-state index in [2.05, 4.69) is 60.7 Å². The maximum Gasteiger partial charge on any atom is 0.130 e. The molecule has 0 amide bonds. The predicted molar refractivity (Wildman–Crippen MR) is 101 cm³/mol. The van der Waals surface area contributed by atoms with Crippen molar-refractivity contribution in [2.45, 2.75) is 54.4 Å². The Morgan fingerprint density at radius 2 is 1.95 bits per heavy atom. The van der Waals surface area contributed by atoms with Crippen LogP contribution in [0.5, 0.6) is 0 Å². The number of benzene rings is 1. The number of hydrogen-bond acceptors (Lipinski definition) is 3. The molecule has 0 aliphatic carbocycles. The van der Waals surface area contributed by atoms with Crippen molar-refractivity contribution in [2.24, 2.45) is 11.8 Å². The number of ketones is 1. The number of hydrogen-bond donors (Lipinski definition) is 0. The molecule has 0 saturated heterocycles. The molecule has 1 heterocycles. The second-order valence-electron chi connectivity index (χ2n) is 6.12. The van der Waals surface area contributed by atoms with Gasteiger partial charge in [-0.15, -0.1) is 11.3 Å². The average Bonchev–Trinajstić information content (AvgIpc) is 2.77. The van der Waals surface area contributed by atoms with Gasteiger partial charge < -0.3 is 4.79 Å². The Hall–Kier alpha value is -0.740. The standard InChI is InChI=1S/C9H8BrNS.C9H18O/c1-5-3-7(10)4-8-9(5)12-6(2)11-8;1-5-9(7(2)3)6-8(4)10/h3-4H,1-2H3;7,9H,5-6H2,1-4H3. The van der Waals surface area contributed by atoms with E-state index in [1.807, 2.05) is 6.92 Å². The molecule has 0 aliphatic heterocycles. The first-order chi connectivity index (χ1) is 10.2. The molecule has 122 valence electrons. The van der Waals surface area contributed by atoms with Crippen molar-refractivity contribution in [3.05, 3.63) is 27.2 Å². The summed E-state index contributed by atoms with van der Waals surface area (Å²) in [5.41, 5.74) is 2.40. The topological polar surface area (TPSA) is 30.0 Å². The van der Waals surface area contributed by atoms with Crippen LogP contribution < -0.4 is 0 Å². The van der Waals surface area contributed by atoms with Crippen LogP contribution in [0.4, 0.5) is 0 Å². The van der Waals surface area contributed by atoms with Crippen molar-refractivity contribution in [1.82, 2.24) is 4.98 Å². The van der Waals surface area contributed by atoms with E-state index in [0.717, 1.165) is 27.8 Å². The Morgan fingerprint density at radius 3 is 2.41 bits per heavy atom. The van der Waals surface area contributed by atoms with E-state index in [9.17, 15) is 4.79 Å². The molecule has 0 spiro atoms. The van der Waals surface area contributed by atoms with Gasteiger partial charge in [0.1, 0.15) is 5.78 Å². The molecule has 0 N–H and O–H groups in total. The summed E-state index contributed by atoms with van der Waals surface area (Å²) in [5.74, 6) is 1.56. The van der Waals surface area contributed by atoms with Gasteiger partial charge in [0.05, 0.1) is 15.2 Å². The third-order valence-corrected chi connectivity index (χ3v) is 5.34. The summed E-state index contributed by atoms with van der Waals surface area (Å²) < 4.78 is 2.41. The zero-order valence-corrected chi connectivity index (χ0v) is 16.8. The van der Waals surface area contributed by atoms with E-state index >= 15 is 0 Å². The number of aryl methyl sites for hydroxylation is 2. The van der Waals surface area contributed by atoms with Crippen molar-refractivity contribution in [3.63, 3.8) is 0 Å². The number of halogens is 1. The molecule has 1 aromatic heterocycles. The minimum absolute atomic E-state index is 0.320. The molecule has 0 bridgehead atoms. The van der Waals surface area contributed by atoms with Crippen LogP contribution in [0.1, 0.15) is 51.1 Å². The van der Waals surface area contributed by atoms with Gasteiger partial charge in [-0.3, -0.25) is 0 Å². The van der Waals surface area contributed by atoms with Crippen LogP contribution in [0.3, 0.4) is 0 Å². The van der Waals surface area contributed by atoms with Gasteiger partial charge in [0.15, 0.2) is 0 Å². The van der Waals surface area contributed by atoms with Gasteiger partial charge >= 0.3 is 0 Å². The third-order valence-electron chi connectivity index (χ3n) is 3.76. The zero-order valence-electron chi connectivity index (χ0n) is 14.4. The molecule has 0 radical (unpaired) electrons. The highest BCUT2D eigenvalue weighted by Crippen LogP contribution is 2.28. The molecule has 1 aromatic carbocycles. The molecule has 4 heteroatoms. The molecule has 2 aromatic rings. The monoisotopic (exact) mass is 383 g/mol. The Balaban J connectivity index is 0.000000225. The number of Topliss-reactive ketones (excluding diaryl/α,β-unsaturated/α-hetero) is 1. The minimum atomic E-state index is 0.320. The highest BCUT2D eigenvalue weighted by Gasteiger charge is 2.12. The van der Waals surface area contributed by atoms with Crippen LogP contribution in [0, 0.1) is 25.7 Å². The fourth-order valence-electron chi connectivity index (χ4n) is 2.49. The van der Waals surface area contributed by atoms with Crippen molar-refractivity contribution in [3.8, 4) is 0 Å². The summed E-state index contributed by atoms with van der Waals surface area (Å²) in [6, 6.07) is 4.19. The number of fused-ring (bicyclic) bond motifs is 1. The molecule has 0 saturated carbocycles. The van der Waals surface area contributed by atoms with Gasteiger partial charge in [-0.05, 0) is 50.3 Å². The summed E-state index contributed by atoms with van der Waals surface area (Å²) in [4.78, 5) is 15.1. The molecule has 0 aliphatic rings. The van der Waals surface area contributed by atoms with E-state index in [0.29, 0.717) is 17.6 Å². The van der Waals surface area contributed by atoms with E-state index < -0.39 is 0 Å². The van der Waals surface area contributed by atoms with E-state index in [1.54, 1.807) is 18.3 Å². The molecular weight excluding hydrogens is 358 g/mol. The zero-order chi connectivity index (χ0) is 16.9. The lowest BCUT2D eigenvalue weighted by atomic mass is 9.89. The molecule has 2 rings (SSSR count). The molecule has 2 nitrogen and oxygen atoms in total. The summed E-state index contributed by atoms with van der Waals surface area (Å²) in [6.45, 7) is 12.3. The van der Waals surface area contributed by atoms with Crippen molar-refractivity contribution >= 4 is 43.3 Å². The Morgan fingerprint density at radius 1 is 1.32 bits per heavy atom. The van der Waals surface area contributed by atoms with Gasteiger partial charge in [-0.25, -0.2) is 4.98 Å². The fourth-order valence-corrected chi connectivity index (χ4v) is 3.92. The largest absolute Gasteiger partial charge is 0.300 e. The highest BCUT2D eigenvalue weighted by molar-refractivity contribution is 9.10. The van der Waals surface area contributed by atoms with Gasteiger partial charge in [0, 0.05) is 10.9 Å². The van der Waals surface area contributed by atoms with Gasteiger partial charge in [0.25, 0.3) is 0 Å². The van der Waals surface area contributed by atoms with E-state index in [4.69, 9.17) is 0 Å². The molecule has 1 unspecified atom stereocenters. The van der Waals surface area contributed by atoms with Gasteiger partial charge in [-0.1, -0.05) is 43.1 Å². The van der Waals surface area contributed by atoms with E-state index in [1.165, 1.54) is 10.3 Å².